The molecule has 1 aliphatic rings. The fourth-order valence-corrected chi connectivity index (χ4v) is 5.30. The summed E-state index contributed by atoms with van der Waals surface area (Å²) in [4.78, 5) is 27.3. The number of aryl methyl sites for hydroxylation is 1. The Morgan fingerprint density at radius 2 is 1.57 bits per heavy atom. The standard InChI is InChI=1S/C24H22N2O3S/c1-15-11-13-16(14-12-15)20-22(21(27)17-7-3-2-4-8-17)30-24(25)26(20)19-10-6-5-9-18(19)23(28)29/h2-14,20,22,24H,25H2,1H3,(H,28,29)/p+1/t20-,22+,24?/m0/s1. The van der Waals surface area contributed by atoms with Crippen LogP contribution < -0.4 is 10.6 Å². The number of benzene rings is 3. The molecule has 0 aliphatic carbocycles. The molecule has 152 valence electrons. The fraction of sp³-hybridized carbons (Fsp3) is 0.167. The molecule has 0 amide bonds. The van der Waals surface area contributed by atoms with E-state index in [1.54, 1.807) is 18.2 Å². The summed E-state index contributed by atoms with van der Waals surface area (Å²) in [7, 11) is 0. The predicted molar refractivity (Wildman–Crippen MR) is 119 cm³/mol. The van der Waals surface area contributed by atoms with Gasteiger partial charge in [-0.2, -0.15) is 0 Å². The zero-order chi connectivity index (χ0) is 21.3. The smallest absolute Gasteiger partial charge is 0.337 e. The van der Waals surface area contributed by atoms with Crippen molar-refractivity contribution in [1.29, 1.82) is 0 Å². The number of carboxylic acid groups (broad SMARTS) is 1. The van der Waals surface area contributed by atoms with E-state index in [0.717, 1.165) is 11.1 Å². The van der Waals surface area contributed by atoms with E-state index in [4.69, 9.17) is 0 Å². The van der Waals surface area contributed by atoms with Gasteiger partial charge in [0.15, 0.2) is 5.78 Å². The lowest BCUT2D eigenvalue weighted by Gasteiger charge is -2.30. The van der Waals surface area contributed by atoms with E-state index in [2.05, 4.69) is 5.73 Å². The van der Waals surface area contributed by atoms with Crippen LogP contribution in [-0.4, -0.2) is 27.6 Å². The molecule has 0 radical (unpaired) electrons. The van der Waals surface area contributed by atoms with Crippen molar-refractivity contribution in [3.8, 4) is 0 Å². The minimum Gasteiger partial charge on any atom is -0.478 e. The number of quaternary nitrogens is 1. The fourth-order valence-electron chi connectivity index (χ4n) is 3.89. The summed E-state index contributed by atoms with van der Waals surface area (Å²) in [6.07, 6.45) is 0. The maximum Gasteiger partial charge on any atom is 0.337 e. The number of rotatable bonds is 5. The molecule has 3 aromatic rings. The first-order valence-electron chi connectivity index (χ1n) is 9.72. The van der Waals surface area contributed by atoms with Gasteiger partial charge in [-0.1, -0.05) is 84.1 Å². The largest absolute Gasteiger partial charge is 0.478 e. The third kappa shape index (κ3) is 3.72. The summed E-state index contributed by atoms with van der Waals surface area (Å²) in [6, 6.07) is 23.9. The van der Waals surface area contributed by atoms with Gasteiger partial charge in [-0.05, 0) is 24.6 Å². The van der Waals surface area contributed by atoms with E-state index in [0.29, 0.717) is 11.3 Å². The van der Waals surface area contributed by atoms with Crippen LogP contribution in [0.15, 0.2) is 78.9 Å². The van der Waals surface area contributed by atoms with Crippen molar-refractivity contribution in [2.75, 3.05) is 4.90 Å². The Kier molecular flexibility index (Phi) is 5.61. The molecule has 5 nitrogen and oxygen atoms in total. The van der Waals surface area contributed by atoms with Crippen molar-refractivity contribution < 1.29 is 20.4 Å². The van der Waals surface area contributed by atoms with Crippen molar-refractivity contribution in [2.45, 2.75) is 23.7 Å². The molecule has 0 spiro atoms. The number of hydrogen-bond donors (Lipinski definition) is 2. The number of aromatic carboxylic acids is 1. The number of ketones is 1. The summed E-state index contributed by atoms with van der Waals surface area (Å²) in [6.45, 7) is 2.02. The van der Waals surface area contributed by atoms with E-state index < -0.39 is 11.2 Å². The topological polar surface area (TPSA) is 85.3 Å². The normalized spacial score (nSPS) is 20.9. The summed E-state index contributed by atoms with van der Waals surface area (Å²) in [5, 5.41) is 9.33. The molecule has 0 bridgehead atoms. The quantitative estimate of drug-likeness (QED) is 0.615. The minimum atomic E-state index is -0.997. The summed E-state index contributed by atoms with van der Waals surface area (Å²) < 4.78 is 0. The lowest BCUT2D eigenvalue weighted by atomic mass is 9.94. The van der Waals surface area contributed by atoms with Crippen molar-refractivity contribution >= 4 is 29.2 Å². The molecule has 4 N–H and O–H groups in total. The van der Waals surface area contributed by atoms with Gasteiger partial charge in [-0.15, -0.1) is 0 Å². The highest BCUT2D eigenvalue weighted by Gasteiger charge is 2.48. The first-order chi connectivity index (χ1) is 14.5. The number of carbonyl (C=O) groups excluding carboxylic acids is 1. The monoisotopic (exact) mass is 419 g/mol. The average molecular weight is 420 g/mol. The Morgan fingerprint density at radius 3 is 2.23 bits per heavy atom. The Hall–Kier alpha value is -3.09. The third-order valence-corrected chi connectivity index (χ3v) is 6.66. The van der Waals surface area contributed by atoms with Crippen molar-refractivity contribution in [3.05, 3.63) is 101 Å². The van der Waals surface area contributed by atoms with Crippen LogP contribution in [-0.2, 0) is 0 Å². The maximum absolute atomic E-state index is 13.4. The van der Waals surface area contributed by atoms with Gasteiger partial charge in [-0.3, -0.25) is 4.79 Å². The Labute approximate surface area is 179 Å². The van der Waals surface area contributed by atoms with Gasteiger partial charge < -0.3 is 15.7 Å². The maximum atomic E-state index is 13.4. The Morgan fingerprint density at radius 1 is 0.933 bits per heavy atom. The number of thioether (sulfide) groups is 1. The Bertz CT molecular complexity index is 1070. The van der Waals surface area contributed by atoms with Gasteiger partial charge >= 0.3 is 5.97 Å². The number of para-hydroxylation sites is 1. The number of anilines is 1. The lowest BCUT2D eigenvalue weighted by Crippen LogP contribution is -2.65. The highest BCUT2D eigenvalue weighted by atomic mass is 32.2. The predicted octanol–water partition coefficient (Wildman–Crippen LogP) is 3.76. The molecule has 4 rings (SSSR count). The SMILES string of the molecule is Cc1ccc([C@H]2[C@H](C(=O)c3ccccc3)SC([NH3+])N2c2ccccc2C(=O)O)cc1. The second-order valence-corrected chi connectivity index (χ2v) is 8.65. The molecule has 1 aliphatic heterocycles. The number of nitrogens with zero attached hydrogens (tertiary/aromatic N) is 1. The lowest BCUT2D eigenvalue weighted by molar-refractivity contribution is -0.384. The molecular weight excluding hydrogens is 396 g/mol. The molecule has 3 aromatic carbocycles. The van der Waals surface area contributed by atoms with E-state index in [1.165, 1.54) is 11.8 Å². The molecule has 0 saturated carbocycles. The highest BCUT2D eigenvalue weighted by molar-refractivity contribution is 8.01. The van der Waals surface area contributed by atoms with E-state index in [9.17, 15) is 14.7 Å². The van der Waals surface area contributed by atoms with Gasteiger partial charge in [0.25, 0.3) is 0 Å². The van der Waals surface area contributed by atoms with Crippen LogP contribution in [0.4, 0.5) is 5.69 Å². The molecule has 30 heavy (non-hydrogen) atoms. The molecular formula is C24H23N2O3S+. The first-order valence-corrected chi connectivity index (χ1v) is 10.7. The molecule has 1 saturated heterocycles. The third-order valence-electron chi connectivity index (χ3n) is 5.35. The van der Waals surface area contributed by atoms with Crippen molar-refractivity contribution in [1.82, 2.24) is 0 Å². The zero-order valence-corrected chi connectivity index (χ0v) is 17.4. The van der Waals surface area contributed by atoms with Gasteiger partial charge in [0.1, 0.15) is 5.25 Å². The van der Waals surface area contributed by atoms with Crippen LogP contribution >= 0.6 is 11.8 Å². The van der Waals surface area contributed by atoms with Gasteiger partial charge in [0.05, 0.1) is 17.3 Å². The average Bonchev–Trinajstić information content (AvgIpc) is 3.11. The van der Waals surface area contributed by atoms with E-state index in [1.807, 2.05) is 72.5 Å². The van der Waals surface area contributed by atoms with E-state index in [-0.39, 0.29) is 22.9 Å². The molecule has 1 fully saturated rings. The van der Waals surface area contributed by atoms with Gasteiger partial charge in [0.2, 0.25) is 5.50 Å². The van der Waals surface area contributed by atoms with Crippen molar-refractivity contribution in [2.24, 2.45) is 0 Å². The van der Waals surface area contributed by atoms with Crippen LogP contribution in [0.25, 0.3) is 0 Å². The summed E-state index contributed by atoms with van der Waals surface area (Å²) >= 11 is 1.47. The summed E-state index contributed by atoms with van der Waals surface area (Å²) in [5.74, 6) is -0.974. The van der Waals surface area contributed by atoms with Crippen molar-refractivity contribution in [3.63, 3.8) is 0 Å². The van der Waals surface area contributed by atoms with Crippen LogP contribution in [0.2, 0.25) is 0 Å². The zero-order valence-electron chi connectivity index (χ0n) is 16.6. The molecule has 1 unspecified atom stereocenters. The van der Waals surface area contributed by atoms with Crippen LogP contribution in [0.5, 0.6) is 0 Å². The molecule has 6 heteroatoms. The van der Waals surface area contributed by atoms with Crippen LogP contribution in [0, 0.1) is 6.92 Å². The minimum absolute atomic E-state index is 0.0233. The number of hydrogen-bond acceptors (Lipinski definition) is 4. The number of carboxylic acids is 1. The second-order valence-electron chi connectivity index (χ2n) is 7.33. The molecule has 0 aromatic heterocycles. The van der Waals surface area contributed by atoms with Gasteiger partial charge in [0, 0.05) is 5.56 Å². The number of carbonyl (C=O) groups is 2. The Balaban J connectivity index is 1.84. The van der Waals surface area contributed by atoms with Gasteiger partial charge in [-0.25, -0.2) is 4.79 Å². The van der Waals surface area contributed by atoms with Crippen LogP contribution in [0.3, 0.4) is 0 Å². The van der Waals surface area contributed by atoms with E-state index >= 15 is 0 Å². The first kappa shape index (κ1) is 20.2. The second kappa shape index (κ2) is 8.34. The summed E-state index contributed by atoms with van der Waals surface area (Å²) in [5.41, 5.74) is 7.47. The van der Waals surface area contributed by atoms with Crippen LogP contribution in [0.1, 0.15) is 37.9 Å². The number of Topliss-reactive ketones (excluding diaryl/α,β-unsaturated/α-hetero) is 1. The molecule has 3 atom stereocenters. The highest BCUT2D eigenvalue weighted by Crippen LogP contribution is 2.47. The molecule has 1 heterocycles.